The highest BCUT2D eigenvalue weighted by Gasteiger charge is 2.19. The number of carbonyl (C=O) groups excluding carboxylic acids is 3. The quantitative estimate of drug-likeness (QED) is 0.0264. The molecule has 0 radical (unpaired) electrons. The molecule has 1 atom stereocenters. The van der Waals surface area contributed by atoms with Gasteiger partial charge in [0, 0.05) is 19.3 Å². The zero-order valence-electron chi connectivity index (χ0n) is 38.3. The monoisotopic (exact) mass is 813 g/mol. The van der Waals surface area contributed by atoms with Gasteiger partial charge in [0.15, 0.2) is 6.10 Å². The highest BCUT2D eigenvalue weighted by atomic mass is 16.6. The molecule has 0 saturated heterocycles. The normalized spacial score (nSPS) is 12.4. The first-order valence-corrected chi connectivity index (χ1v) is 24.6. The smallest absolute Gasteiger partial charge is 0.306 e. The molecule has 0 aliphatic rings. The molecule has 0 aliphatic heterocycles. The van der Waals surface area contributed by atoms with Crippen LogP contribution in [0, 0.1) is 0 Å². The maximum atomic E-state index is 12.7. The van der Waals surface area contributed by atoms with Crippen molar-refractivity contribution in [1.82, 2.24) is 0 Å². The van der Waals surface area contributed by atoms with E-state index in [0.29, 0.717) is 19.3 Å². The van der Waals surface area contributed by atoms with E-state index in [4.69, 9.17) is 14.2 Å². The Morgan fingerprint density at radius 3 is 1.00 bits per heavy atom. The predicted molar refractivity (Wildman–Crippen MR) is 247 cm³/mol. The molecule has 0 aromatic heterocycles. The maximum Gasteiger partial charge on any atom is 0.306 e. The molecule has 0 bridgehead atoms. The van der Waals surface area contributed by atoms with Gasteiger partial charge in [0.25, 0.3) is 0 Å². The summed E-state index contributed by atoms with van der Waals surface area (Å²) in [6.07, 6.45) is 55.5. The summed E-state index contributed by atoms with van der Waals surface area (Å²) in [7, 11) is 0. The van der Waals surface area contributed by atoms with E-state index < -0.39 is 6.10 Å². The van der Waals surface area contributed by atoms with Crippen molar-refractivity contribution in [3.8, 4) is 0 Å². The maximum absolute atomic E-state index is 12.7. The summed E-state index contributed by atoms with van der Waals surface area (Å²) >= 11 is 0. The first-order chi connectivity index (χ1) is 28.5. The van der Waals surface area contributed by atoms with Crippen LogP contribution in [0.3, 0.4) is 0 Å². The molecule has 0 aromatic carbocycles. The zero-order chi connectivity index (χ0) is 42.3. The van der Waals surface area contributed by atoms with Crippen LogP contribution in [-0.2, 0) is 28.6 Å². The molecule has 0 heterocycles. The Labute approximate surface area is 358 Å². The van der Waals surface area contributed by atoms with Crippen molar-refractivity contribution < 1.29 is 28.6 Å². The van der Waals surface area contributed by atoms with Gasteiger partial charge in [-0.25, -0.2) is 0 Å². The molecule has 1 unspecified atom stereocenters. The highest BCUT2D eigenvalue weighted by Crippen LogP contribution is 2.14. The Balaban J connectivity index is 4.20. The Morgan fingerprint density at radius 2 is 0.621 bits per heavy atom. The standard InChI is InChI=1S/C52H92O6/c1-4-7-10-13-15-17-19-21-23-25-26-27-29-30-32-34-36-39-42-45-51(54)57-48-49(47-56-50(53)44-41-38-12-9-6-3)58-52(55)46-43-40-37-35-33-31-28-24-22-20-18-16-14-11-8-5-2/h15,17-18,20-21,23-24,28,49H,4-14,16,19,22,25-27,29-48H2,1-3H3/b17-15-,20-18-,23-21-,28-24-. The highest BCUT2D eigenvalue weighted by molar-refractivity contribution is 5.71. The van der Waals surface area contributed by atoms with E-state index >= 15 is 0 Å². The van der Waals surface area contributed by atoms with Crippen molar-refractivity contribution in [2.75, 3.05) is 13.2 Å². The molecule has 0 fully saturated rings. The third-order valence-corrected chi connectivity index (χ3v) is 10.6. The van der Waals surface area contributed by atoms with Crippen LogP contribution in [0.5, 0.6) is 0 Å². The number of rotatable bonds is 44. The van der Waals surface area contributed by atoms with E-state index in [2.05, 4.69) is 69.4 Å². The van der Waals surface area contributed by atoms with Gasteiger partial charge < -0.3 is 14.2 Å². The number of hydrogen-bond donors (Lipinski definition) is 0. The lowest BCUT2D eigenvalue weighted by molar-refractivity contribution is -0.167. The fourth-order valence-electron chi connectivity index (χ4n) is 6.80. The number of esters is 3. The van der Waals surface area contributed by atoms with E-state index in [-0.39, 0.29) is 31.1 Å². The summed E-state index contributed by atoms with van der Waals surface area (Å²) in [6, 6.07) is 0. The average Bonchev–Trinajstić information content (AvgIpc) is 3.22. The first-order valence-electron chi connectivity index (χ1n) is 24.6. The second-order valence-corrected chi connectivity index (χ2v) is 16.4. The molecule has 0 aromatic rings. The minimum Gasteiger partial charge on any atom is -0.462 e. The number of ether oxygens (including phenoxy) is 3. The Bertz CT molecular complexity index is 1030. The Hall–Kier alpha value is -2.63. The van der Waals surface area contributed by atoms with Gasteiger partial charge in [0.2, 0.25) is 0 Å². The van der Waals surface area contributed by atoms with Crippen molar-refractivity contribution in [3.63, 3.8) is 0 Å². The van der Waals surface area contributed by atoms with Crippen LogP contribution >= 0.6 is 0 Å². The number of carbonyl (C=O) groups is 3. The van der Waals surface area contributed by atoms with Crippen LogP contribution in [0.4, 0.5) is 0 Å². The molecule has 0 rings (SSSR count). The number of allylic oxidation sites excluding steroid dienone is 8. The minimum absolute atomic E-state index is 0.0807. The molecule has 0 spiro atoms. The Kier molecular flexibility index (Phi) is 44.9. The first kappa shape index (κ1) is 55.4. The van der Waals surface area contributed by atoms with E-state index in [1.54, 1.807) is 0 Å². The largest absolute Gasteiger partial charge is 0.462 e. The Morgan fingerprint density at radius 1 is 0.345 bits per heavy atom. The topological polar surface area (TPSA) is 78.9 Å². The van der Waals surface area contributed by atoms with Crippen LogP contribution in [0.25, 0.3) is 0 Å². The van der Waals surface area contributed by atoms with E-state index in [0.717, 1.165) is 96.3 Å². The molecular formula is C52H92O6. The van der Waals surface area contributed by atoms with Crippen molar-refractivity contribution in [3.05, 3.63) is 48.6 Å². The lowest BCUT2D eigenvalue weighted by atomic mass is 10.1. The molecule has 336 valence electrons. The summed E-state index contributed by atoms with van der Waals surface area (Å²) in [5, 5.41) is 0. The van der Waals surface area contributed by atoms with Crippen LogP contribution < -0.4 is 0 Å². The summed E-state index contributed by atoms with van der Waals surface area (Å²) in [6.45, 7) is 6.50. The van der Waals surface area contributed by atoms with Gasteiger partial charge in [0.05, 0.1) is 0 Å². The number of unbranched alkanes of at least 4 members (excludes halogenated alkanes) is 25. The van der Waals surface area contributed by atoms with Gasteiger partial charge in [-0.2, -0.15) is 0 Å². The fraction of sp³-hybridized carbons (Fsp3) is 0.788. The molecular weight excluding hydrogens is 721 g/mol. The van der Waals surface area contributed by atoms with Crippen molar-refractivity contribution in [2.24, 2.45) is 0 Å². The summed E-state index contributed by atoms with van der Waals surface area (Å²) in [4.78, 5) is 37.6. The average molecular weight is 813 g/mol. The van der Waals surface area contributed by atoms with Gasteiger partial charge >= 0.3 is 17.9 Å². The SMILES string of the molecule is CCCCC/C=C\C/C=C\CCCCCCCCCCCC(=O)OCC(COC(=O)CCCCCCC)OC(=O)CCCCCCC/C=C\C/C=C\CCCCCC. The van der Waals surface area contributed by atoms with E-state index in [9.17, 15) is 14.4 Å². The van der Waals surface area contributed by atoms with E-state index in [1.165, 1.54) is 109 Å². The van der Waals surface area contributed by atoms with Gasteiger partial charge in [0.1, 0.15) is 13.2 Å². The van der Waals surface area contributed by atoms with Crippen LogP contribution in [0.1, 0.15) is 245 Å². The van der Waals surface area contributed by atoms with Crippen molar-refractivity contribution in [2.45, 2.75) is 252 Å². The number of hydrogen-bond acceptors (Lipinski definition) is 6. The van der Waals surface area contributed by atoms with Gasteiger partial charge in [-0.3, -0.25) is 14.4 Å². The molecule has 0 N–H and O–H groups in total. The predicted octanol–water partition coefficient (Wildman–Crippen LogP) is 15.9. The second kappa shape index (κ2) is 47.1. The molecule has 6 nitrogen and oxygen atoms in total. The van der Waals surface area contributed by atoms with Crippen LogP contribution in [0.2, 0.25) is 0 Å². The van der Waals surface area contributed by atoms with E-state index in [1.807, 2.05) is 0 Å². The van der Waals surface area contributed by atoms with Crippen molar-refractivity contribution >= 4 is 17.9 Å². The minimum atomic E-state index is -0.776. The lowest BCUT2D eigenvalue weighted by Gasteiger charge is -2.18. The van der Waals surface area contributed by atoms with Crippen LogP contribution in [0.15, 0.2) is 48.6 Å². The van der Waals surface area contributed by atoms with Crippen LogP contribution in [-0.4, -0.2) is 37.2 Å². The fourth-order valence-corrected chi connectivity index (χ4v) is 6.80. The zero-order valence-corrected chi connectivity index (χ0v) is 38.3. The molecule has 6 heteroatoms. The molecule has 0 saturated carbocycles. The summed E-state index contributed by atoms with van der Waals surface area (Å²) in [5.41, 5.74) is 0. The van der Waals surface area contributed by atoms with Crippen molar-refractivity contribution in [1.29, 1.82) is 0 Å². The summed E-state index contributed by atoms with van der Waals surface area (Å²) in [5.74, 6) is -0.909. The van der Waals surface area contributed by atoms with Gasteiger partial charge in [-0.15, -0.1) is 0 Å². The molecule has 0 amide bonds. The molecule has 0 aliphatic carbocycles. The third-order valence-electron chi connectivity index (χ3n) is 10.6. The van der Waals surface area contributed by atoms with Gasteiger partial charge in [-0.05, 0) is 83.5 Å². The van der Waals surface area contributed by atoms with Gasteiger partial charge in [-0.1, -0.05) is 191 Å². The lowest BCUT2D eigenvalue weighted by Crippen LogP contribution is -2.30. The second-order valence-electron chi connectivity index (χ2n) is 16.4. The third kappa shape index (κ3) is 44.5. The molecule has 58 heavy (non-hydrogen) atoms. The summed E-state index contributed by atoms with van der Waals surface area (Å²) < 4.78 is 16.6.